The van der Waals surface area contributed by atoms with E-state index >= 15 is 0 Å². The van der Waals surface area contributed by atoms with Gasteiger partial charge >= 0.3 is 0 Å². The highest BCUT2D eigenvalue weighted by atomic mass is 35.5. The molecule has 2 heterocycles. The molecule has 1 N–H and O–H groups in total. The van der Waals surface area contributed by atoms with Gasteiger partial charge in [-0.1, -0.05) is 35.0 Å². The Balaban J connectivity index is 1.42. The second-order valence-corrected chi connectivity index (χ2v) is 7.92. The zero-order valence-electron chi connectivity index (χ0n) is 17.3. The minimum atomic E-state index is -0.215. The van der Waals surface area contributed by atoms with Crippen LogP contribution < -0.4 is 5.32 Å². The summed E-state index contributed by atoms with van der Waals surface area (Å²) in [6.45, 7) is 8.16. The van der Waals surface area contributed by atoms with E-state index in [0.29, 0.717) is 30.4 Å². The van der Waals surface area contributed by atoms with Crippen LogP contribution in [0.5, 0.6) is 0 Å². The zero-order valence-corrected chi connectivity index (χ0v) is 18.0. The van der Waals surface area contributed by atoms with Crippen molar-refractivity contribution in [2.24, 2.45) is 0 Å². The van der Waals surface area contributed by atoms with Crippen LogP contribution in [0.4, 0.5) is 0 Å². The van der Waals surface area contributed by atoms with Crippen molar-refractivity contribution in [3.05, 3.63) is 52.8 Å². The maximum atomic E-state index is 12.4. The summed E-state index contributed by atoms with van der Waals surface area (Å²) in [7, 11) is 0. The van der Waals surface area contributed by atoms with Crippen molar-refractivity contribution in [3.63, 3.8) is 0 Å². The molecule has 0 atom stereocenters. The van der Waals surface area contributed by atoms with Gasteiger partial charge in [0.15, 0.2) is 5.69 Å². The molecular formula is C21H27ClN6O2. The highest BCUT2D eigenvalue weighted by Gasteiger charge is 2.20. The average Bonchev–Trinajstić information content (AvgIpc) is 3.21. The fourth-order valence-electron chi connectivity index (χ4n) is 3.16. The number of aromatic nitrogens is 3. The highest BCUT2D eigenvalue weighted by molar-refractivity contribution is 6.32. The molecule has 1 aromatic heterocycles. The van der Waals surface area contributed by atoms with Crippen molar-refractivity contribution >= 4 is 29.5 Å². The van der Waals surface area contributed by atoms with Crippen LogP contribution in [0.3, 0.4) is 0 Å². The van der Waals surface area contributed by atoms with Crippen LogP contribution in [0.1, 0.15) is 29.9 Å². The Morgan fingerprint density at radius 1 is 1.17 bits per heavy atom. The second kappa shape index (κ2) is 10.4. The number of rotatable bonds is 7. The third kappa shape index (κ3) is 6.14. The number of nitrogens with one attached hydrogen (secondary N) is 1. The maximum absolute atomic E-state index is 12.4. The van der Waals surface area contributed by atoms with Gasteiger partial charge in [0.25, 0.3) is 5.91 Å². The van der Waals surface area contributed by atoms with Crippen LogP contribution in [0.25, 0.3) is 6.08 Å². The van der Waals surface area contributed by atoms with Crippen LogP contribution in [-0.4, -0.2) is 75.4 Å². The summed E-state index contributed by atoms with van der Waals surface area (Å²) in [4.78, 5) is 28.5. The molecular weight excluding hydrogens is 404 g/mol. The molecule has 30 heavy (non-hydrogen) atoms. The molecule has 3 rings (SSSR count). The van der Waals surface area contributed by atoms with Gasteiger partial charge in [0.1, 0.15) is 0 Å². The predicted molar refractivity (Wildman–Crippen MR) is 116 cm³/mol. The summed E-state index contributed by atoms with van der Waals surface area (Å²) in [5, 5.41) is 11.4. The number of nitrogens with zero attached hydrogens (tertiary/aromatic N) is 5. The van der Waals surface area contributed by atoms with Gasteiger partial charge in [-0.15, -0.1) is 5.10 Å². The topological polar surface area (TPSA) is 83.4 Å². The number of halogens is 1. The normalized spacial score (nSPS) is 15.1. The summed E-state index contributed by atoms with van der Waals surface area (Å²) in [5.41, 5.74) is 1.16. The molecule has 0 spiro atoms. The van der Waals surface area contributed by atoms with Crippen LogP contribution in [-0.2, 0) is 11.3 Å². The fraction of sp³-hybridized carbons (Fsp3) is 0.429. The van der Waals surface area contributed by atoms with Gasteiger partial charge in [0.2, 0.25) is 5.91 Å². The minimum Gasteiger partial charge on any atom is -0.348 e. The molecule has 2 amide bonds. The molecule has 9 heteroatoms. The largest absolute Gasteiger partial charge is 0.348 e. The van der Waals surface area contributed by atoms with Crippen molar-refractivity contribution in [2.45, 2.75) is 26.4 Å². The summed E-state index contributed by atoms with van der Waals surface area (Å²) >= 11 is 6.12. The number of hydrogen-bond acceptors (Lipinski definition) is 5. The van der Waals surface area contributed by atoms with Crippen molar-refractivity contribution in [3.8, 4) is 0 Å². The molecule has 1 aromatic carbocycles. The molecule has 0 saturated carbocycles. The molecule has 0 radical (unpaired) electrons. The lowest BCUT2D eigenvalue weighted by atomic mass is 10.2. The first-order chi connectivity index (χ1) is 14.4. The Morgan fingerprint density at radius 2 is 1.90 bits per heavy atom. The van der Waals surface area contributed by atoms with Crippen LogP contribution in [0.2, 0.25) is 5.02 Å². The van der Waals surface area contributed by atoms with Crippen molar-refractivity contribution < 1.29 is 9.59 Å². The number of carbonyl (C=O) groups excluding carboxylic acids is 2. The van der Waals surface area contributed by atoms with E-state index in [2.05, 4.69) is 20.5 Å². The molecule has 0 aliphatic carbocycles. The second-order valence-electron chi connectivity index (χ2n) is 7.52. The molecule has 1 aliphatic rings. The molecule has 1 saturated heterocycles. The Bertz CT molecular complexity index is 902. The van der Waals surface area contributed by atoms with Gasteiger partial charge in [0, 0.05) is 49.9 Å². The van der Waals surface area contributed by atoms with Crippen LogP contribution in [0.15, 0.2) is 36.5 Å². The molecule has 2 aromatic rings. The predicted octanol–water partition coefficient (Wildman–Crippen LogP) is 1.93. The molecule has 0 unspecified atom stereocenters. The van der Waals surface area contributed by atoms with Gasteiger partial charge < -0.3 is 10.2 Å². The monoisotopic (exact) mass is 430 g/mol. The van der Waals surface area contributed by atoms with E-state index in [0.717, 1.165) is 25.2 Å². The third-order valence-electron chi connectivity index (χ3n) is 4.83. The van der Waals surface area contributed by atoms with Gasteiger partial charge in [-0.05, 0) is 31.6 Å². The molecule has 8 nitrogen and oxygen atoms in total. The van der Waals surface area contributed by atoms with E-state index in [1.54, 1.807) is 29.1 Å². The van der Waals surface area contributed by atoms with E-state index in [9.17, 15) is 9.59 Å². The lowest BCUT2D eigenvalue weighted by Gasteiger charge is -2.34. The summed E-state index contributed by atoms with van der Waals surface area (Å²) < 4.78 is 1.68. The average molecular weight is 431 g/mol. The third-order valence-corrected chi connectivity index (χ3v) is 5.18. The van der Waals surface area contributed by atoms with Crippen molar-refractivity contribution in [2.75, 3.05) is 32.7 Å². The lowest BCUT2D eigenvalue weighted by Crippen LogP contribution is -2.48. The van der Waals surface area contributed by atoms with Crippen LogP contribution >= 0.6 is 11.6 Å². The molecule has 160 valence electrons. The smallest absolute Gasteiger partial charge is 0.273 e. The summed E-state index contributed by atoms with van der Waals surface area (Å²) in [6.07, 6.45) is 5.00. The summed E-state index contributed by atoms with van der Waals surface area (Å²) in [6, 6.07) is 7.50. The highest BCUT2D eigenvalue weighted by Crippen LogP contribution is 2.16. The summed E-state index contributed by atoms with van der Waals surface area (Å²) in [5.74, 6) is -0.222. The number of piperazine rings is 1. The molecule has 1 fully saturated rings. The number of benzene rings is 1. The quantitative estimate of drug-likeness (QED) is 0.678. The van der Waals surface area contributed by atoms with E-state index in [1.165, 1.54) is 0 Å². The van der Waals surface area contributed by atoms with Gasteiger partial charge in [-0.2, -0.15) is 0 Å². The maximum Gasteiger partial charge on any atom is 0.273 e. The van der Waals surface area contributed by atoms with E-state index in [4.69, 9.17) is 11.6 Å². The Morgan fingerprint density at radius 3 is 2.60 bits per heavy atom. The molecule has 1 aliphatic heterocycles. The SMILES string of the molecule is CC(C)NC(=O)c1cn(CCN2CCN(C(=O)/C=C/c3ccccc3Cl)CC2)nn1. The fourth-order valence-corrected chi connectivity index (χ4v) is 3.36. The van der Waals surface area contributed by atoms with Gasteiger partial charge in [-0.25, -0.2) is 0 Å². The lowest BCUT2D eigenvalue weighted by molar-refractivity contribution is -0.127. The zero-order chi connectivity index (χ0) is 21.5. The Labute approximate surface area is 181 Å². The first-order valence-electron chi connectivity index (χ1n) is 10.1. The Kier molecular flexibility index (Phi) is 7.59. The standard InChI is InChI=1S/C21H27ClN6O2/c1-16(2)23-21(30)19-15-28(25-24-19)14-11-26-9-12-27(13-10-26)20(29)8-7-17-5-3-4-6-18(17)22/h3-8,15-16H,9-14H2,1-2H3,(H,23,30)/b8-7+. The van der Waals surface area contributed by atoms with E-state index in [1.807, 2.05) is 36.9 Å². The van der Waals surface area contributed by atoms with Gasteiger partial charge in [0.05, 0.1) is 12.7 Å². The number of carbonyl (C=O) groups is 2. The van der Waals surface area contributed by atoms with Crippen molar-refractivity contribution in [1.29, 1.82) is 0 Å². The van der Waals surface area contributed by atoms with E-state index < -0.39 is 0 Å². The first kappa shape index (κ1) is 22.0. The van der Waals surface area contributed by atoms with Gasteiger partial charge in [-0.3, -0.25) is 19.2 Å². The Hall–Kier alpha value is -2.71. The minimum absolute atomic E-state index is 0.00773. The number of hydrogen-bond donors (Lipinski definition) is 1. The van der Waals surface area contributed by atoms with E-state index in [-0.39, 0.29) is 17.9 Å². The molecule has 0 bridgehead atoms. The first-order valence-corrected chi connectivity index (χ1v) is 10.4. The number of amides is 2. The van der Waals surface area contributed by atoms with Crippen LogP contribution in [0, 0.1) is 0 Å². The van der Waals surface area contributed by atoms with Crippen molar-refractivity contribution in [1.82, 2.24) is 30.1 Å².